The van der Waals surface area contributed by atoms with Crippen LogP contribution < -0.4 is 11.3 Å². The van der Waals surface area contributed by atoms with Crippen LogP contribution in [0.15, 0.2) is 12.1 Å². The molecule has 0 fully saturated rings. The maximum Gasteiger partial charge on any atom is 0.418 e. The average molecular weight is 245 g/mol. The predicted octanol–water partition coefficient (Wildman–Crippen LogP) is 3.30. The summed E-state index contributed by atoms with van der Waals surface area (Å²) >= 11 is 11.0. The highest BCUT2D eigenvalue weighted by Crippen LogP contribution is 2.38. The van der Waals surface area contributed by atoms with Gasteiger partial charge in [0.25, 0.3) is 0 Å². The van der Waals surface area contributed by atoms with Gasteiger partial charge in [-0.2, -0.15) is 13.2 Å². The first-order valence-electron chi connectivity index (χ1n) is 3.39. The number of hydrogen-bond donors (Lipinski definition) is 2. The molecule has 0 bridgehead atoms. The van der Waals surface area contributed by atoms with Crippen LogP contribution >= 0.6 is 23.2 Å². The molecule has 0 atom stereocenters. The second-order valence-electron chi connectivity index (χ2n) is 2.45. The summed E-state index contributed by atoms with van der Waals surface area (Å²) in [5.41, 5.74) is 0.644. The van der Waals surface area contributed by atoms with Crippen LogP contribution in [0.25, 0.3) is 0 Å². The normalized spacial score (nSPS) is 11.6. The highest BCUT2D eigenvalue weighted by molar-refractivity contribution is 6.42. The number of benzene rings is 1. The molecule has 0 radical (unpaired) electrons. The molecular weight excluding hydrogens is 240 g/mol. The minimum Gasteiger partial charge on any atom is -0.323 e. The fourth-order valence-electron chi connectivity index (χ4n) is 0.901. The van der Waals surface area contributed by atoms with Gasteiger partial charge in [-0.25, -0.2) is 0 Å². The topological polar surface area (TPSA) is 38.0 Å². The van der Waals surface area contributed by atoms with E-state index in [4.69, 9.17) is 29.0 Å². The Kier molecular flexibility index (Phi) is 3.14. The Labute approximate surface area is 87.8 Å². The van der Waals surface area contributed by atoms with Crippen LogP contribution in [0.1, 0.15) is 5.56 Å². The Morgan fingerprint density at radius 3 is 2.07 bits per heavy atom. The molecular formula is C7H5Cl2F3N2. The van der Waals surface area contributed by atoms with Crippen molar-refractivity contribution in [3.05, 3.63) is 27.7 Å². The molecule has 3 N–H and O–H groups in total. The molecule has 0 spiro atoms. The van der Waals surface area contributed by atoms with E-state index in [-0.39, 0.29) is 15.7 Å². The Morgan fingerprint density at radius 1 is 1.14 bits per heavy atom. The summed E-state index contributed by atoms with van der Waals surface area (Å²) in [6.45, 7) is 0. The lowest BCUT2D eigenvalue weighted by Crippen LogP contribution is -2.14. The zero-order valence-electron chi connectivity index (χ0n) is 6.62. The summed E-state index contributed by atoms with van der Waals surface area (Å²) in [6.07, 6.45) is -4.52. The highest BCUT2D eigenvalue weighted by atomic mass is 35.5. The summed E-state index contributed by atoms with van der Waals surface area (Å²) in [5, 5.41) is -0.161. The lowest BCUT2D eigenvalue weighted by Gasteiger charge is -2.13. The van der Waals surface area contributed by atoms with Gasteiger partial charge in [-0.3, -0.25) is 5.84 Å². The quantitative estimate of drug-likeness (QED) is 0.588. The molecule has 78 valence electrons. The minimum atomic E-state index is -4.52. The molecule has 0 aromatic heterocycles. The van der Waals surface area contributed by atoms with Crippen LogP contribution in [0, 0.1) is 0 Å². The summed E-state index contributed by atoms with van der Waals surface area (Å²) < 4.78 is 37.0. The molecule has 0 saturated carbocycles. The number of halogens is 5. The molecule has 1 rings (SSSR count). The first kappa shape index (κ1) is 11.4. The van der Waals surface area contributed by atoms with Gasteiger partial charge in [0.1, 0.15) is 0 Å². The van der Waals surface area contributed by atoms with E-state index in [1.807, 2.05) is 5.43 Å². The number of nitrogen functional groups attached to an aromatic ring is 1. The summed E-state index contributed by atoms with van der Waals surface area (Å²) in [7, 11) is 0. The van der Waals surface area contributed by atoms with Crippen LogP contribution in [-0.4, -0.2) is 0 Å². The van der Waals surface area contributed by atoms with E-state index in [0.717, 1.165) is 12.1 Å². The fraction of sp³-hybridized carbons (Fsp3) is 0.143. The second kappa shape index (κ2) is 3.84. The van der Waals surface area contributed by atoms with Gasteiger partial charge in [-0.15, -0.1) is 0 Å². The SMILES string of the molecule is NNc1cc(Cl)c(Cl)cc1C(F)(F)F. The van der Waals surface area contributed by atoms with Gasteiger partial charge in [0, 0.05) is 0 Å². The van der Waals surface area contributed by atoms with E-state index in [9.17, 15) is 13.2 Å². The lowest BCUT2D eigenvalue weighted by molar-refractivity contribution is -0.136. The van der Waals surface area contributed by atoms with E-state index in [0.29, 0.717) is 0 Å². The Morgan fingerprint density at radius 2 is 1.64 bits per heavy atom. The van der Waals surface area contributed by atoms with Gasteiger partial charge in [0.2, 0.25) is 0 Å². The van der Waals surface area contributed by atoms with Crippen LogP contribution in [-0.2, 0) is 6.18 Å². The fourth-order valence-corrected chi connectivity index (χ4v) is 1.23. The van der Waals surface area contributed by atoms with E-state index < -0.39 is 11.7 Å². The number of nitrogens with one attached hydrogen (secondary N) is 1. The molecule has 0 unspecified atom stereocenters. The zero-order valence-corrected chi connectivity index (χ0v) is 8.13. The van der Waals surface area contributed by atoms with Crippen molar-refractivity contribution < 1.29 is 13.2 Å². The summed E-state index contributed by atoms with van der Waals surface area (Å²) in [6, 6.07) is 1.74. The Hall–Kier alpha value is -0.650. The standard InChI is InChI=1S/C7H5Cl2F3N2/c8-4-1-3(7(10,11)12)6(14-13)2-5(4)9/h1-2,14H,13H2. The van der Waals surface area contributed by atoms with Crippen LogP contribution in [0.3, 0.4) is 0 Å². The molecule has 1 aromatic rings. The number of nitrogens with two attached hydrogens (primary N) is 1. The van der Waals surface area contributed by atoms with Crippen molar-refractivity contribution in [1.29, 1.82) is 0 Å². The zero-order chi connectivity index (χ0) is 10.9. The van der Waals surface area contributed by atoms with Gasteiger partial charge in [0.05, 0.1) is 21.3 Å². The minimum absolute atomic E-state index is 0.00705. The smallest absolute Gasteiger partial charge is 0.323 e. The number of alkyl halides is 3. The van der Waals surface area contributed by atoms with Crippen molar-refractivity contribution in [1.82, 2.24) is 0 Å². The Balaban J connectivity index is 3.35. The third kappa shape index (κ3) is 2.23. The van der Waals surface area contributed by atoms with Crippen molar-refractivity contribution in [3.63, 3.8) is 0 Å². The van der Waals surface area contributed by atoms with Crippen LogP contribution in [0.4, 0.5) is 18.9 Å². The number of rotatable bonds is 1. The molecule has 0 heterocycles. The van der Waals surface area contributed by atoms with Crippen molar-refractivity contribution >= 4 is 28.9 Å². The number of hydrazine groups is 1. The maximum absolute atomic E-state index is 12.3. The van der Waals surface area contributed by atoms with Crippen molar-refractivity contribution in [2.45, 2.75) is 6.18 Å². The van der Waals surface area contributed by atoms with Gasteiger partial charge < -0.3 is 5.43 Å². The molecule has 1 aromatic carbocycles. The lowest BCUT2D eigenvalue weighted by atomic mass is 10.2. The summed E-state index contributed by atoms with van der Waals surface area (Å²) in [5.74, 6) is 4.91. The van der Waals surface area contributed by atoms with E-state index >= 15 is 0 Å². The number of hydrogen-bond acceptors (Lipinski definition) is 2. The van der Waals surface area contributed by atoms with E-state index in [1.165, 1.54) is 0 Å². The predicted molar refractivity (Wildman–Crippen MR) is 49.3 cm³/mol. The maximum atomic E-state index is 12.3. The van der Waals surface area contributed by atoms with Gasteiger partial charge >= 0.3 is 6.18 Å². The van der Waals surface area contributed by atoms with Crippen LogP contribution in [0.2, 0.25) is 10.0 Å². The van der Waals surface area contributed by atoms with Crippen molar-refractivity contribution in [2.75, 3.05) is 5.43 Å². The average Bonchev–Trinajstić information content (AvgIpc) is 2.07. The third-order valence-corrected chi connectivity index (χ3v) is 2.24. The van der Waals surface area contributed by atoms with Crippen LogP contribution in [0.5, 0.6) is 0 Å². The molecule has 0 amide bonds. The molecule has 0 aliphatic heterocycles. The highest BCUT2D eigenvalue weighted by Gasteiger charge is 2.34. The molecule has 14 heavy (non-hydrogen) atoms. The molecule has 2 nitrogen and oxygen atoms in total. The molecule has 0 aliphatic carbocycles. The monoisotopic (exact) mass is 244 g/mol. The van der Waals surface area contributed by atoms with Crippen molar-refractivity contribution in [2.24, 2.45) is 5.84 Å². The van der Waals surface area contributed by atoms with Crippen molar-refractivity contribution in [3.8, 4) is 0 Å². The second-order valence-corrected chi connectivity index (χ2v) is 3.27. The number of anilines is 1. The first-order chi connectivity index (χ1) is 6.36. The Bertz CT molecular complexity index is 352. The van der Waals surface area contributed by atoms with Gasteiger partial charge in [0.15, 0.2) is 0 Å². The van der Waals surface area contributed by atoms with Gasteiger partial charge in [-0.05, 0) is 12.1 Å². The van der Waals surface area contributed by atoms with E-state index in [1.54, 1.807) is 0 Å². The third-order valence-electron chi connectivity index (χ3n) is 1.52. The molecule has 0 saturated heterocycles. The largest absolute Gasteiger partial charge is 0.418 e. The first-order valence-corrected chi connectivity index (χ1v) is 4.14. The molecule has 0 aliphatic rings. The molecule has 7 heteroatoms. The van der Waals surface area contributed by atoms with E-state index in [2.05, 4.69) is 0 Å². The van der Waals surface area contributed by atoms with Gasteiger partial charge in [-0.1, -0.05) is 23.2 Å². The summed E-state index contributed by atoms with van der Waals surface area (Å²) in [4.78, 5) is 0.